The predicted octanol–water partition coefficient (Wildman–Crippen LogP) is 4.01. The Hall–Kier alpha value is -4.44. The zero-order valence-corrected chi connectivity index (χ0v) is 18.5. The smallest absolute Gasteiger partial charge is 0.343 e. The Morgan fingerprint density at radius 2 is 1.85 bits per heavy atom. The van der Waals surface area contributed by atoms with E-state index in [9.17, 15) is 19.7 Å². The Morgan fingerprint density at radius 1 is 1.09 bits per heavy atom. The van der Waals surface area contributed by atoms with Crippen molar-refractivity contribution in [1.29, 1.82) is 0 Å². The summed E-state index contributed by atoms with van der Waals surface area (Å²) in [5.41, 5.74) is 2.89. The molecule has 0 aromatic heterocycles. The van der Waals surface area contributed by atoms with Crippen LogP contribution in [0.2, 0.25) is 5.02 Å². The molecule has 11 heteroatoms. The van der Waals surface area contributed by atoms with Gasteiger partial charge in [-0.2, -0.15) is 5.10 Å². The van der Waals surface area contributed by atoms with Gasteiger partial charge in [-0.1, -0.05) is 17.7 Å². The molecule has 0 atom stereocenters. The van der Waals surface area contributed by atoms with Crippen molar-refractivity contribution in [3.8, 4) is 17.2 Å². The van der Waals surface area contributed by atoms with Crippen molar-refractivity contribution in [1.82, 2.24) is 5.43 Å². The van der Waals surface area contributed by atoms with Crippen molar-refractivity contribution in [2.45, 2.75) is 0 Å². The minimum atomic E-state index is -0.707. The van der Waals surface area contributed by atoms with Crippen molar-refractivity contribution in [2.24, 2.45) is 5.10 Å². The Labute approximate surface area is 198 Å². The Kier molecular flexibility index (Phi) is 8.14. The van der Waals surface area contributed by atoms with Crippen LogP contribution in [0.25, 0.3) is 0 Å². The van der Waals surface area contributed by atoms with Gasteiger partial charge in [-0.05, 0) is 54.1 Å². The Balaban J connectivity index is 1.57. The first-order chi connectivity index (χ1) is 16.4. The fourth-order valence-corrected chi connectivity index (χ4v) is 2.82. The summed E-state index contributed by atoms with van der Waals surface area (Å²) >= 11 is 5.86. The maximum Gasteiger partial charge on any atom is 0.343 e. The van der Waals surface area contributed by atoms with Gasteiger partial charge in [-0.25, -0.2) is 10.2 Å². The predicted molar refractivity (Wildman–Crippen MR) is 124 cm³/mol. The van der Waals surface area contributed by atoms with E-state index in [1.807, 2.05) is 0 Å². The number of carbonyl (C=O) groups is 2. The van der Waals surface area contributed by atoms with Crippen molar-refractivity contribution >= 4 is 35.4 Å². The second kappa shape index (κ2) is 11.4. The van der Waals surface area contributed by atoms with E-state index < -0.39 is 16.8 Å². The van der Waals surface area contributed by atoms with Gasteiger partial charge in [0.15, 0.2) is 18.1 Å². The summed E-state index contributed by atoms with van der Waals surface area (Å²) < 4.78 is 15.9. The number of nitro benzene ring substituents is 1. The van der Waals surface area contributed by atoms with E-state index in [0.717, 1.165) is 0 Å². The summed E-state index contributed by atoms with van der Waals surface area (Å²) in [6.07, 6.45) is 1.38. The van der Waals surface area contributed by atoms with E-state index in [1.165, 1.54) is 43.7 Å². The average molecular weight is 484 g/mol. The maximum atomic E-state index is 12.3. The molecule has 0 radical (unpaired) electrons. The van der Waals surface area contributed by atoms with E-state index in [0.29, 0.717) is 16.3 Å². The number of hydrogen-bond acceptors (Lipinski definition) is 8. The normalized spacial score (nSPS) is 10.5. The highest BCUT2D eigenvalue weighted by Gasteiger charge is 2.14. The highest BCUT2D eigenvalue weighted by atomic mass is 35.5. The average Bonchev–Trinajstić information content (AvgIpc) is 2.83. The number of ether oxygens (including phenoxy) is 3. The molecule has 0 spiro atoms. The number of nitrogens with zero attached hydrogens (tertiary/aromatic N) is 2. The molecule has 0 saturated carbocycles. The first-order valence-electron chi connectivity index (χ1n) is 9.70. The van der Waals surface area contributed by atoms with Crippen LogP contribution in [-0.2, 0) is 4.79 Å². The lowest BCUT2D eigenvalue weighted by Crippen LogP contribution is -2.24. The molecular formula is C23H18ClN3O7. The van der Waals surface area contributed by atoms with Gasteiger partial charge < -0.3 is 14.2 Å². The fraction of sp³-hybridized carbons (Fsp3) is 0.0870. The van der Waals surface area contributed by atoms with E-state index in [4.69, 9.17) is 25.8 Å². The highest BCUT2D eigenvalue weighted by molar-refractivity contribution is 6.30. The van der Waals surface area contributed by atoms with Gasteiger partial charge in [0.2, 0.25) is 0 Å². The number of rotatable bonds is 9. The summed E-state index contributed by atoms with van der Waals surface area (Å²) in [6, 6.07) is 16.3. The molecule has 0 heterocycles. The number of halogens is 1. The number of methoxy groups -OCH3 is 1. The molecule has 0 aliphatic rings. The van der Waals surface area contributed by atoms with Gasteiger partial charge in [0, 0.05) is 17.2 Å². The largest absolute Gasteiger partial charge is 0.493 e. The molecule has 0 aliphatic heterocycles. The molecular weight excluding hydrogens is 466 g/mol. The van der Waals surface area contributed by atoms with Gasteiger partial charge in [0.25, 0.3) is 11.6 Å². The number of nitro groups is 1. The van der Waals surface area contributed by atoms with Crippen LogP contribution < -0.4 is 19.6 Å². The lowest BCUT2D eigenvalue weighted by molar-refractivity contribution is -0.384. The van der Waals surface area contributed by atoms with Crippen molar-refractivity contribution in [3.05, 3.63) is 93.0 Å². The van der Waals surface area contributed by atoms with Gasteiger partial charge in [-0.3, -0.25) is 14.9 Å². The molecule has 1 amide bonds. The summed E-state index contributed by atoms with van der Waals surface area (Å²) in [5, 5.41) is 15.1. The van der Waals surface area contributed by atoms with Gasteiger partial charge >= 0.3 is 5.97 Å². The van der Waals surface area contributed by atoms with E-state index >= 15 is 0 Å². The third-order valence-corrected chi connectivity index (χ3v) is 4.51. The number of hydrazone groups is 1. The first kappa shape index (κ1) is 24.2. The van der Waals surface area contributed by atoms with Crippen LogP contribution in [0.4, 0.5) is 5.69 Å². The first-order valence-corrected chi connectivity index (χ1v) is 10.1. The molecule has 34 heavy (non-hydrogen) atoms. The summed E-state index contributed by atoms with van der Waals surface area (Å²) in [4.78, 5) is 34.4. The number of nitrogens with one attached hydrogen (secondary N) is 1. The number of carbonyl (C=O) groups excluding carboxylic acids is 2. The van der Waals surface area contributed by atoms with Crippen molar-refractivity contribution in [2.75, 3.05) is 13.7 Å². The van der Waals surface area contributed by atoms with E-state index in [1.54, 1.807) is 36.4 Å². The quantitative estimate of drug-likeness (QED) is 0.160. The van der Waals surface area contributed by atoms with Crippen LogP contribution in [-0.4, -0.2) is 36.7 Å². The van der Waals surface area contributed by atoms with Gasteiger partial charge in [0.05, 0.1) is 23.8 Å². The monoisotopic (exact) mass is 483 g/mol. The molecule has 3 rings (SSSR count). The lowest BCUT2D eigenvalue weighted by atomic mass is 10.2. The molecule has 3 aromatic carbocycles. The molecule has 3 aromatic rings. The number of amides is 1. The molecule has 0 saturated heterocycles. The van der Waals surface area contributed by atoms with E-state index in [-0.39, 0.29) is 29.4 Å². The van der Waals surface area contributed by atoms with Crippen LogP contribution in [0.15, 0.2) is 71.8 Å². The Bertz CT molecular complexity index is 1230. The fourth-order valence-electron chi connectivity index (χ4n) is 2.64. The zero-order valence-electron chi connectivity index (χ0n) is 17.8. The van der Waals surface area contributed by atoms with Gasteiger partial charge in [-0.15, -0.1) is 0 Å². The van der Waals surface area contributed by atoms with Crippen LogP contribution in [0, 0.1) is 10.1 Å². The van der Waals surface area contributed by atoms with Gasteiger partial charge in [0.1, 0.15) is 5.75 Å². The third-order valence-electron chi connectivity index (χ3n) is 4.27. The minimum absolute atomic E-state index is 0.138. The molecule has 0 aliphatic carbocycles. The molecule has 0 fully saturated rings. The molecule has 174 valence electrons. The molecule has 10 nitrogen and oxygen atoms in total. The van der Waals surface area contributed by atoms with Crippen LogP contribution >= 0.6 is 11.6 Å². The third kappa shape index (κ3) is 6.78. The number of hydrogen-bond donors (Lipinski definition) is 1. The number of non-ortho nitro benzene ring substituents is 1. The summed E-state index contributed by atoms with van der Waals surface area (Å²) in [6.45, 7) is -0.251. The summed E-state index contributed by atoms with van der Waals surface area (Å²) in [5.74, 6) is -0.342. The number of benzene rings is 3. The van der Waals surface area contributed by atoms with E-state index in [2.05, 4.69) is 10.5 Å². The number of esters is 1. The topological polar surface area (TPSA) is 129 Å². The molecule has 0 bridgehead atoms. The maximum absolute atomic E-state index is 12.3. The molecule has 1 N–H and O–H groups in total. The second-order valence-corrected chi connectivity index (χ2v) is 7.08. The molecule has 0 unspecified atom stereocenters. The lowest BCUT2D eigenvalue weighted by Gasteiger charge is -2.10. The van der Waals surface area contributed by atoms with Crippen molar-refractivity contribution < 1.29 is 28.7 Å². The Morgan fingerprint density at radius 3 is 2.53 bits per heavy atom. The standard InChI is InChI=1S/C23H18ClN3O7/c1-32-21-11-15(13-25-26-22(28)14-33-19-4-2-3-17(24)12-19)5-10-20(21)34-23(29)16-6-8-18(9-7-16)27(30)31/h2-13H,14H2,1H3,(H,26,28)/b25-13+. The zero-order chi connectivity index (χ0) is 24.5. The van der Waals surface area contributed by atoms with Crippen LogP contribution in [0.1, 0.15) is 15.9 Å². The SMILES string of the molecule is COc1cc(/C=N/NC(=O)COc2cccc(Cl)c2)ccc1OC(=O)c1ccc([N+](=O)[O-])cc1. The second-order valence-electron chi connectivity index (χ2n) is 6.64. The summed E-state index contributed by atoms with van der Waals surface area (Å²) in [7, 11) is 1.40. The van der Waals surface area contributed by atoms with Crippen molar-refractivity contribution in [3.63, 3.8) is 0 Å². The minimum Gasteiger partial charge on any atom is -0.493 e. The van der Waals surface area contributed by atoms with Crippen LogP contribution in [0.5, 0.6) is 17.2 Å². The van der Waals surface area contributed by atoms with Crippen LogP contribution in [0.3, 0.4) is 0 Å². The highest BCUT2D eigenvalue weighted by Crippen LogP contribution is 2.28.